The Morgan fingerprint density at radius 2 is 2.03 bits per heavy atom. The zero-order valence-electron chi connectivity index (χ0n) is 18.0. The van der Waals surface area contributed by atoms with Gasteiger partial charge in [0.05, 0.1) is 23.1 Å². The van der Waals surface area contributed by atoms with Crippen molar-refractivity contribution in [1.82, 2.24) is 14.8 Å². The summed E-state index contributed by atoms with van der Waals surface area (Å²) in [5.74, 6) is 1.84. The van der Waals surface area contributed by atoms with E-state index in [1.54, 1.807) is 18.2 Å². The van der Waals surface area contributed by atoms with Crippen molar-refractivity contribution in [2.45, 2.75) is 32.2 Å². The van der Waals surface area contributed by atoms with Gasteiger partial charge in [0, 0.05) is 6.54 Å². The molecule has 0 fully saturated rings. The number of halogens is 1. The molecule has 0 atom stereocenters. The Balaban J connectivity index is 1.64. The minimum atomic E-state index is -0.167. The summed E-state index contributed by atoms with van der Waals surface area (Å²) in [6, 6.07) is 12.9. The average Bonchev–Trinajstić information content (AvgIpc) is 3.16. The Kier molecular flexibility index (Phi) is 8.58. The molecular weight excluding hydrogens is 448 g/mol. The third kappa shape index (κ3) is 6.27. The van der Waals surface area contributed by atoms with Crippen LogP contribution in [0.4, 0.5) is 5.69 Å². The quantitative estimate of drug-likeness (QED) is 0.307. The van der Waals surface area contributed by atoms with E-state index in [0.29, 0.717) is 46.3 Å². The van der Waals surface area contributed by atoms with E-state index in [-0.39, 0.29) is 18.3 Å². The normalized spacial score (nSPS) is 10.6. The third-order valence-corrected chi connectivity index (χ3v) is 5.62. The number of rotatable bonds is 11. The summed E-state index contributed by atoms with van der Waals surface area (Å²) in [5.41, 5.74) is 1.68. The van der Waals surface area contributed by atoms with Gasteiger partial charge in [-0.1, -0.05) is 47.6 Å². The molecule has 0 saturated heterocycles. The van der Waals surface area contributed by atoms with Crippen molar-refractivity contribution in [2.24, 2.45) is 0 Å². The molecule has 9 heteroatoms. The van der Waals surface area contributed by atoms with Gasteiger partial charge in [0.15, 0.2) is 11.0 Å². The highest BCUT2D eigenvalue weighted by Gasteiger charge is 2.15. The van der Waals surface area contributed by atoms with Crippen LogP contribution in [0.1, 0.15) is 18.3 Å². The van der Waals surface area contributed by atoms with E-state index in [4.69, 9.17) is 21.1 Å². The molecule has 1 N–H and O–H groups in total. The van der Waals surface area contributed by atoms with Crippen molar-refractivity contribution in [1.29, 1.82) is 0 Å². The minimum Gasteiger partial charge on any atom is -0.492 e. The van der Waals surface area contributed by atoms with Crippen LogP contribution in [-0.2, 0) is 17.9 Å². The molecule has 0 radical (unpaired) electrons. The summed E-state index contributed by atoms with van der Waals surface area (Å²) in [4.78, 5) is 12.5. The van der Waals surface area contributed by atoms with Gasteiger partial charge in [0.2, 0.25) is 5.91 Å². The van der Waals surface area contributed by atoms with Gasteiger partial charge in [-0.05, 0) is 43.7 Å². The summed E-state index contributed by atoms with van der Waals surface area (Å²) in [6.45, 7) is 8.87. The van der Waals surface area contributed by atoms with E-state index >= 15 is 0 Å². The van der Waals surface area contributed by atoms with E-state index < -0.39 is 0 Å². The smallest absolute Gasteiger partial charge is 0.234 e. The Hall–Kier alpha value is -2.97. The molecule has 0 aliphatic heterocycles. The molecular formula is C23H25ClN4O3S. The third-order valence-electron chi connectivity index (χ3n) is 4.34. The first-order valence-corrected chi connectivity index (χ1v) is 11.4. The number of amides is 1. The molecule has 3 aromatic rings. The zero-order chi connectivity index (χ0) is 22.9. The highest BCUT2D eigenvalue weighted by atomic mass is 35.5. The lowest BCUT2D eigenvalue weighted by atomic mass is 10.2. The number of nitrogens with zero attached hydrogens (tertiary/aromatic N) is 3. The monoisotopic (exact) mass is 472 g/mol. The Labute approximate surface area is 196 Å². The van der Waals surface area contributed by atoms with Crippen LogP contribution in [-0.4, -0.2) is 33.0 Å². The zero-order valence-corrected chi connectivity index (χ0v) is 19.6. The molecule has 1 amide bonds. The highest BCUT2D eigenvalue weighted by Crippen LogP contribution is 2.27. The van der Waals surface area contributed by atoms with E-state index in [1.807, 2.05) is 48.7 Å². The second-order valence-corrected chi connectivity index (χ2v) is 8.14. The molecule has 1 aromatic heterocycles. The van der Waals surface area contributed by atoms with Crippen LogP contribution < -0.4 is 14.8 Å². The molecule has 0 aliphatic rings. The fourth-order valence-corrected chi connectivity index (χ4v) is 3.81. The number of aromatic nitrogens is 3. The van der Waals surface area contributed by atoms with Gasteiger partial charge in [0.1, 0.15) is 18.1 Å². The number of benzene rings is 2. The lowest BCUT2D eigenvalue weighted by Gasteiger charge is -2.12. The number of aryl methyl sites for hydroxylation is 1. The van der Waals surface area contributed by atoms with Crippen LogP contribution in [0.5, 0.6) is 11.5 Å². The van der Waals surface area contributed by atoms with Gasteiger partial charge in [-0.15, -0.1) is 16.8 Å². The molecule has 7 nitrogen and oxygen atoms in total. The van der Waals surface area contributed by atoms with Crippen molar-refractivity contribution in [3.05, 3.63) is 71.5 Å². The molecule has 0 spiro atoms. The first-order chi connectivity index (χ1) is 15.5. The predicted octanol–water partition coefficient (Wildman–Crippen LogP) is 5.13. The van der Waals surface area contributed by atoms with E-state index in [1.165, 1.54) is 11.8 Å². The molecule has 2 aromatic carbocycles. The van der Waals surface area contributed by atoms with Crippen molar-refractivity contribution in [3.63, 3.8) is 0 Å². The van der Waals surface area contributed by atoms with Crippen molar-refractivity contribution in [2.75, 3.05) is 17.7 Å². The number of nitrogens with one attached hydrogen (secondary N) is 1. The maximum Gasteiger partial charge on any atom is 0.234 e. The van der Waals surface area contributed by atoms with Gasteiger partial charge in [-0.25, -0.2) is 0 Å². The first-order valence-electron chi connectivity index (χ1n) is 10.1. The average molecular weight is 473 g/mol. The van der Waals surface area contributed by atoms with Crippen LogP contribution in [0, 0.1) is 6.92 Å². The number of hydrogen-bond donors (Lipinski definition) is 1. The number of hydrogen-bond acceptors (Lipinski definition) is 6. The second kappa shape index (κ2) is 11.6. The Bertz CT molecular complexity index is 1090. The standard InChI is InChI=1S/C23H25ClN4O3S/c1-4-12-28-21(14-31-20-13-16(3)10-11-17(20)24)26-27-23(28)32-15-22(29)25-18-8-6-7-9-19(18)30-5-2/h4,6-11,13H,1,5,12,14-15H2,2-3H3,(H,25,29). The molecule has 3 rings (SSSR count). The number of anilines is 1. The summed E-state index contributed by atoms with van der Waals surface area (Å²) < 4.78 is 13.3. The van der Waals surface area contributed by atoms with Gasteiger partial charge < -0.3 is 14.8 Å². The topological polar surface area (TPSA) is 78.3 Å². The van der Waals surface area contributed by atoms with Crippen LogP contribution in [0.15, 0.2) is 60.3 Å². The first kappa shape index (κ1) is 23.7. The summed E-state index contributed by atoms with van der Waals surface area (Å²) in [7, 11) is 0. The van der Waals surface area contributed by atoms with Crippen molar-refractivity contribution < 1.29 is 14.3 Å². The SMILES string of the molecule is C=CCn1c(COc2cc(C)ccc2Cl)nnc1SCC(=O)Nc1ccccc1OCC. The molecule has 168 valence electrons. The summed E-state index contributed by atoms with van der Waals surface area (Å²) >= 11 is 7.50. The number of thioether (sulfide) groups is 1. The minimum absolute atomic E-state index is 0.167. The van der Waals surface area contributed by atoms with Crippen LogP contribution in [0.2, 0.25) is 5.02 Å². The van der Waals surface area contributed by atoms with E-state index in [0.717, 1.165) is 5.56 Å². The fourth-order valence-electron chi connectivity index (χ4n) is 2.88. The number of carbonyl (C=O) groups is 1. The van der Waals surface area contributed by atoms with Gasteiger partial charge in [-0.3, -0.25) is 9.36 Å². The predicted molar refractivity (Wildman–Crippen MR) is 128 cm³/mol. The number of para-hydroxylation sites is 2. The molecule has 0 bridgehead atoms. The Morgan fingerprint density at radius 1 is 1.22 bits per heavy atom. The van der Waals surface area contributed by atoms with Crippen LogP contribution in [0.3, 0.4) is 0 Å². The fraction of sp³-hybridized carbons (Fsp3) is 0.261. The lowest BCUT2D eigenvalue weighted by molar-refractivity contribution is -0.113. The van der Waals surface area contributed by atoms with Crippen molar-refractivity contribution in [3.8, 4) is 11.5 Å². The molecule has 0 unspecified atom stereocenters. The molecule has 1 heterocycles. The van der Waals surface area contributed by atoms with E-state index in [9.17, 15) is 4.79 Å². The highest BCUT2D eigenvalue weighted by molar-refractivity contribution is 7.99. The molecule has 0 saturated carbocycles. The molecule has 32 heavy (non-hydrogen) atoms. The lowest BCUT2D eigenvalue weighted by Crippen LogP contribution is -2.15. The van der Waals surface area contributed by atoms with E-state index in [2.05, 4.69) is 22.1 Å². The van der Waals surface area contributed by atoms with Gasteiger partial charge in [0.25, 0.3) is 0 Å². The number of allylic oxidation sites excluding steroid dienone is 1. The molecule has 0 aliphatic carbocycles. The maximum absolute atomic E-state index is 12.5. The summed E-state index contributed by atoms with van der Waals surface area (Å²) in [5, 5.41) is 12.5. The summed E-state index contributed by atoms with van der Waals surface area (Å²) in [6.07, 6.45) is 1.75. The van der Waals surface area contributed by atoms with Crippen LogP contribution >= 0.6 is 23.4 Å². The van der Waals surface area contributed by atoms with Gasteiger partial charge in [-0.2, -0.15) is 0 Å². The Morgan fingerprint density at radius 3 is 2.81 bits per heavy atom. The van der Waals surface area contributed by atoms with Crippen molar-refractivity contribution >= 4 is 35.0 Å². The maximum atomic E-state index is 12.5. The number of carbonyl (C=O) groups excluding carboxylic acids is 1. The second-order valence-electron chi connectivity index (χ2n) is 6.79. The largest absolute Gasteiger partial charge is 0.492 e. The number of ether oxygens (including phenoxy) is 2. The van der Waals surface area contributed by atoms with Gasteiger partial charge >= 0.3 is 0 Å². The van der Waals surface area contributed by atoms with Crippen LogP contribution in [0.25, 0.3) is 0 Å².